The van der Waals surface area contributed by atoms with Crippen molar-refractivity contribution in [3.8, 4) is 11.8 Å². The van der Waals surface area contributed by atoms with Gasteiger partial charge < -0.3 is 5.73 Å². The number of para-hydroxylation sites is 2. The molecule has 0 aliphatic rings. The van der Waals surface area contributed by atoms with Gasteiger partial charge in [0.2, 0.25) is 0 Å². The normalized spacial score (nSPS) is 10.6. The number of halogens is 1. The minimum Gasteiger partial charge on any atom is -0.397 e. The molecule has 0 fully saturated rings. The highest BCUT2D eigenvalue weighted by Gasteiger charge is 2.13. The molecule has 0 saturated carbocycles. The van der Waals surface area contributed by atoms with Gasteiger partial charge in [-0.3, -0.25) is 4.57 Å². The third kappa shape index (κ3) is 2.12. The number of aromatic nitrogens is 2. The number of hydrogen-bond donors (Lipinski definition) is 1. The SMILES string of the molecule is N#CCc1nc2ccccc2n1-c1ccc(I)cc1N. The number of hydrogen-bond acceptors (Lipinski definition) is 3. The predicted molar refractivity (Wildman–Crippen MR) is 87.5 cm³/mol. The number of nitrogens with zero attached hydrogens (tertiary/aromatic N) is 3. The molecule has 0 aliphatic heterocycles. The Morgan fingerprint density at radius 3 is 2.80 bits per heavy atom. The quantitative estimate of drug-likeness (QED) is 0.553. The fourth-order valence-corrected chi connectivity index (χ4v) is 2.78. The van der Waals surface area contributed by atoms with Crippen LogP contribution in [-0.2, 0) is 6.42 Å². The van der Waals surface area contributed by atoms with Gasteiger partial charge >= 0.3 is 0 Å². The van der Waals surface area contributed by atoms with Crippen molar-refractivity contribution >= 4 is 39.3 Å². The lowest BCUT2D eigenvalue weighted by molar-refractivity contribution is 0.956. The van der Waals surface area contributed by atoms with Crippen molar-refractivity contribution in [2.45, 2.75) is 6.42 Å². The van der Waals surface area contributed by atoms with E-state index in [2.05, 4.69) is 33.6 Å². The molecule has 2 aromatic carbocycles. The number of nitrogens with two attached hydrogens (primary N) is 1. The maximum absolute atomic E-state index is 8.99. The maximum atomic E-state index is 8.99. The van der Waals surface area contributed by atoms with Gasteiger partial charge in [0.25, 0.3) is 0 Å². The molecule has 3 aromatic rings. The van der Waals surface area contributed by atoms with Gasteiger partial charge in [-0.1, -0.05) is 12.1 Å². The molecule has 0 unspecified atom stereocenters. The lowest BCUT2D eigenvalue weighted by Crippen LogP contribution is -2.04. The number of benzene rings is 2. The molecule has 0 spiro atoms. The van der Waals surface area contributed by atoms with Crippen LogP contribution < -0.4 is 5.73 Å². The second kappa shape index (κ2) is 5.13. The van der Waals surface area contributed by atoms with Crippen LogP contribution >= 0.6 is 22.6 Å². The van der Waals surface area contributed by atoms with E-state index >= 15 is 0 Å². The van der Waals surface area contributed by atoms with Crippen LogP contribution in [0.4, 0.5) is 5.69 Å². The van der Waals surface area contributed by atoms with Crippen LogP contribution in [-0.4, -0.2) is 9.55 Å². The first-order valence-corrected chi connectivity index (χ1v) is 7.17. The standard InChI is InChI=1S/C15H11IN4/c16-10-5-6-13(11(18)9-10)20-14-4-2-1-3-12(14)19-15(20)7-8-17/h1-6,9H,7,18H2. The minimum absolute atomic E-state index is 0.250. The fraction of sp³-hybridized carbons (Fsp3) is 0.0667. The first kappa shape index (κ1) is 12.9. The summed E-state index contributed by atoms with van der Waals surface area (Å²) in [5, 5.41) is 8.99. The van der Waals surface area contributed by atoms with Crippen molar-refractivity contribution in [2.75, 3.05) is 5.73 Å². The smallest absolute Gasteiger partial charge is 0.128 e. The van der Waals surface area contributed by atoms with Gasteiger partial charge in [-0.25, -0.2) is 4.98 Å². The van der Waals surface area contributed by atoms with E-state index in [9.17, 15) is 0 Å². The second-order valence-corrected chi connectivity index (χ2v) is 5.64. The van der Waals surface area contributed by atoms with E-state index in [-0.39, 0.29) is 6.42 Å². The molecular weight excluding hydrogens is 363 g/mol. The summed E-state index contributed by atoms with van der Waals surface area (Å²) in [7, 11) is 0. The van der Waals surface area contributed by atoms with E-state index < -0.39 is 0 Å². The minimum atomic E-state index is 0.250. The Kier molecular flexibility index (Phi) is 3.32. The number of anilines is 1. The van der Waals surface area contributed by atoms with Crippen molar-refractivity contribution < 1.29 is 0 Å². The van der Waals surface area contributed by atoms with E-state index in [1.807, 2.05) is 47.0 Å². The summed E-state index contributed by atoms with van der Waals surface area (Å²) >= 11 is 2.23. The lowest BCUT2D eigenvalue weighted by atomic mass is 10.2. The Bertz CT molecular complexity index is 829. The molecule has 0 amide bonds. The van der Waals surface area contributed by atoms with Crippen LogP contribution in [0, 0.1) is 14.9 Å². The first-order chi connectivity index (χ1) is 9.70. The molecule has 2 N–H and O–H groups in total. The molecule has 1 aromatic heterocycles. The topological polar surface area (TPSA) is 67.6 Å². The van der Waals surface area contributed by atoms with Crippen molar-refractivity contribution in [1.29, 1.82) is 5.26 Å². The van der Waals surface area contributed by atoms with E-state index in [0.717, 1.165) is 20.3 Å². The second-order valence-electron chi connectivity index (χ2n) is 4.39. The molecule has 0 radical (unpaired) electrons. The van der Waals surface area contributed by atoms with Crippen LogP contribution in [0.3, 0.4) is 0 Å². The molecule has 20 heavy (non-hydrogen) atoms. The van der Waals surface area contributed by atoms with Crippen LogP contribution in [0.15, 0.2) is 42.5 Å². The molecule has 0 aliphatic carbocycles. The van der Waals surface area contributed by atoms with Gasteiger partial charge in [0.05, 0.1) is 34.9 Å². The number of imidazole rings is 1. The Labute approximate surface area is 130 Å². The van der Waals surface area contributed by atoms with E-state index in [1.54, 1.807) is 0 Å². The van der Waals surface area contributed by atoms with Crippen molar-refractivity contribution in [2.24, 2.45) is 0 Å². The average Bonchev–Trinajstić information content (AvgIpc) is 2.78. The molecule has 0 saturated heterocycles. The molecule has 0 bridgehead atoms. The van der Waals surface area contributed by atoms with Crippen molar-refractivity contribution in [1.82, 2.24) is 9.55 Å². The van der Waals surface area contributed by atoms with Crippen LogP contribution in [0.5, 0.6) is 0 Å². The van der Waals surface area contributed by atoms with E-state index in [1.165, 1.54) is 0 Å². The average molecular weight is 374 g/mol. The van der Waals surface area contributed by atoms with Crippen LogP contribution in [0.25, 0.3) is 16.7 Å². The summed E-state index contributed by atoms with van der Waals surface area (Å²) < 4.78 is 3.04. The van der Waals surface area contributed by atoms with Crippen molar-refractivity contribution in [3.05, 3.63) is 51.9 Å². The van der Waals surface area contributed by atoms with Gasteiger partial charge in [-0.2, -0.15) is 5.26 Å². The summed E-state index contributed by atoms with van der Waals surface area (Å²) in [5.41, 5.74) is 9.51. The number of nitrogen functional groups attached to an aromatic ring is 1. The predicted octanol–water partition coefficient (Wildman–Crippen LogP) is 3.28. The molecule has 98 valence electrons. The highest BCUT2D eigenvalue weighted by Crippen LogP contribution is 2.26. The summed E-state index contributed by atoms with van der Waals surface area (Å²) in [6, 6.07) is 15.9. The van der Waals surface area contributed by atoms with Crippen LogP contribution in [0.2, 0.25) is 0 Å². The first-order valence-electron chi connectivity index (χ1n) is 6.09. The third-order valence-corrected chi connectivity index (χ3v) is 3.77. The highest BCUT2D eigenvalue weighted by molar-refractivity contribution is 14.1. The van der Waals surface area contributed by atoms with Gasteiger partial charge in [-0.15, -0.1) is 0 Å². The zero-order valence-corrected chi connectivity index (χ0v) is 12.7. The fourth-order valence-electron chi connectivity index (χ4n) is 2.26. The van der Waals surface area contributed by atoms with Crippen LogP contribution in [0.1, 0.15) is 5.82 Å². The van der Waals surface area contributed by atoms with E-state index in [0.29, 0.717) is 11.5 Å². The number of nitriles is 1. The molecule has 4 nitrogen and oxygen atoms in total. The molecular formula is C15H11IN4. The molecule has 1 heterocycles. The van der Waals surface area contributed by atoms with Crippen molar-refractivity contribution in [3.63, 3.8) is 0 Å². The van der Waals surface area contributed by atoms with E-state index in [4.69, 9.17) is 11.0 Å². The summed E-state index contributed by atoms with van der Waals surface area (Å²) in [6.45, 7) is 0. The zero-order valence-electron chi connectivity index (χ0n) is 10.5. The third-order valence-electron chi connectivity index (χ3n) is 3.10. The maximum Gasteiger partial charge on any atom is 0.128 e. The Morgan fingerprint density at radius 1 is 1.25 bits per heavy atom. The number of fused-ring (bicyclic) bond motifs is 1. The largest absolute Gasteiger partial charge is 0.397 e. The Hall–Kier alpha value is -2.07. The van der Waals surface area contributed by atoms with Gasteiger partial charge in [0.15, 0.2) is 0 Å². The Balaban J connectivity index is 2.33. The highest BCUT2D eigenvalue weighted by atomic mass is 127. The van der Waals surface area contributed by atoms with Gasteiger partial charge in [0, 0.05) is 3.57 Å². The summed E-state index contributed by atoms with van der Waals surface area (Å²) in [4.78, 5) is 4.53. The van der Waals surface area contributed by atoms with Gasteiger partial charge in [-0.05, 0) is 52.9 Å². The van der Waals surface area contributed by atoms with Gasteiger partial charge in [0.1, 0.15) is 5.82 Å². The molecule has 0 atom stereocenters. The monoisotopic (exact) mass is 374 g/mol. The number of rotatable bonds is 2. The Morgan fingerprint density at radius 2 is 2.05 bits per heavy atom. The molecule has 5 heteroatoms. The zero-order chi connectivity index (χ0) is 14.1. The summed E-state index contributed by atoms with van der Waals surface area (Å²) in [5.74, 6) is 0.710. The lowest BCUT2D eigenvalue weighted by Gasteiger charge is -2.11. The molecule has 3 rings (SSSR count). The summed E-state index contributed by atoms with van der Waals surface area (Å²) in [6.07, 6.45) is 0.250.